The van der Waals surface area contributed by atoms with Gasteiger partial charge in [-0.05, 0) is 43.2 Å². The summed E-state index contributed by atoms with van der Waals surface area (Å²) in [5.74, 6) is 0.531. The highest BCUT2D eigenvalue weighted by Crippen LogP contribution is 2.48. The number of furan rings is 1. The Balaban J connectivity index is 1.39. The Hall–Kier alpha value is -1.87. The van der Waals surface area contributed by atoms with Crippen LogP contribution < -0.4 is 5.73 Å². The summed E-state index contributed by atoms with van der Waals surface area (Å²) in [4.78, 5) is 25.7. The van der Waals surface area contributed by atoms with E-state index in [1.165, 1.54) is 29.3 Å². The van der Waals surface area contributed by atoms with Crippen LogP contribution in [0.25, 0.3) is 0 Å². The Morgan fingerprint density at radius 3 is 2.35 bits per heavy atom. The molecule has 0 spiro atoms. The van der Waals surface area contributed by atoms with Gasteiger partial charge in [-0.3, -0.25) is 9.59 Å². The summed E-state index contributed by atoms with van der Waals surface area (Å²) in [6, 6.07) is 2.49. The molecular formula is C17H23N3O5S. The van der Waals surface area contributed by atoms with Gasteiger partial charge >= 0.3 is 0 Å². The van der Waals surface area contributed by atoms with Gasteiger partial charge in [0, 0.05) is 32.1 Å². The van der Waals surface area contributed by atoms with Crippen LogP contribution in [-0.4, -0.2) is 55.6 Å². The summed E-state index contributed by atoms with van der Waals surface area (Å²) in [7, 11) is -3.83. The first-order chi connectivity index (χ1) is 12.4. The Labute approximate surface area is 152 Å². The van der Waals surface area contributed by atoms with Crippen LogP contribution in [-0.2, 0) is 14.8 Å². The van der Waals surface area contributed by atoms with E-state index in [9.17, 15) is 18.0 Å². The maximum absolute atomic E-state index is 12.8. The van der Waals surface area contributed by atoms with Crippen LogP contribution >= 0.6 is 0 Å². The van der Waals surface area contributed by atoms with E-state index in [0.29, 0.717) is 24.9 Å². The molecule has 3 atom stereocenters. The highest BCUT2D eigenvalue weighted by molar-refractivity contribution is 7.89. The van der Waals surface area contributed by atoms with E-state index in [2.05, 4.69) is 0 Å². The molecule has 2 amide bonds. The van der Waals surface area contributed by atoms with Gasteiger partial charge in [0.15, 0.2) is 5.76 Å². The van der Waals surface area contributed by atoms with Gasteiger partial charge in [-0.1, -0.05) is 6.42 Å². The van der Waals surface area contributed by atoms with Gasteiger partial charge in [-0.2, -0.15) is 4.31 Å². The highest BCUT2D eigenvalue weighted by atomic mass is 32.2. The molecule has 0 radical (unpaired) electrons. The average Bonchev–Trinajstić information content (AvgIpc) is 3.37. The van der Waals surface area contributed by atoms with Crippen molar-refractivity contribution in [1.29, 1.82) is 0 Å². The van der Waals surface area contributed by atoms with Crippen LogP contribution in [0.4, 0.5) is 0 Å². The Kier molecular flexibility index (Phi) is 4.31. The van der Waals surface area contributed by atoms with E-state index in [1.807, 2.05) is 0 Å². The molecule has 3 aliphatic rings. The van der Waals surface area contributed by atoms with E-state index >= 15 is 0 Å². The first kappa shape index (κ1) is 17.5. The van der Waals surface area contributed by atoms with Gasteiger partial charge < -0.3 is 15.1 Å². The Morgan fingerprint density at radius 1 is 1.08 bits per heavy atom. The molecule has 0 unspecified atom stereocenters. The number of fused-ring (bicyclic) bond motifs is 2. The van der Waals surface area contributed by atoms with Crippen molar-refractivity contribution >= 4 is 21.8 Å². The van der Waals surface area contributed by atoms with Crippen molar-refractivity contribution < 1.29 is 22.4 Å². The van der Waals surface area contributed by atoms with Crippen LogP contribution in [0.1, 0.15) is 36.2 Å². The number of primary amides is 1. The summed E-state index contributed by atoms with van der Waals surface area (Å²) < 4.78 is 31.6. The van der Waals surface area contributed by atoms with Crippen LogP contribution in [0.3, 0.4) is 0 Å². The predicted octanol–water partition coefficient (Wildman–Crippen LogP) is 0.648. The molecule has 2 bridgehead atoms. The number of sulfonamides is 1. The van der Waals surface area contributed by atoms with Crippen molar-refractivity contribution in [2.75, 3.05) is 26.2 Å². The second-order valence-corrected chi connectivity index (χ2v) is 9.36. The minimum Gasteiger partial charge on any atom is -0.438 e. The maximum atomic E-state index is 12.8. The molecule has 9 heteroatoms. The van der Waals surface area contributed by atoms with Crippen molar-refractivity contribution in [2.24, 2.45) is 23.5 Å². The minimum absolute atomic E-state index is 0.125. The molecule has 3 fully saturated rings. The SMILES string of the molecule is NC(=O)c1ccc(S(=O)(=O)N2CCN(C(=O)[C@H]3C[C@H]4CC[C@H]3C4)CC2)o1. The van der Waals surface area contributed by atoms with Crippen molar-refractivity contribution in [3.05, 3.63) is 17.9 Å². The van der Waals surface area contributed by atoms with Crippen LogP contribution in [0.2, 0.25) is 0 Å². The average molecular weight is 381 g/mol. The van der Waals surface area contributed by atoms with Crippen LogP contribution in [0.15, 0.2) is 21.6 Å². The fraction of sp³-hybridized carbons (Fsp3) is 0.647. The zero-order valence-electron chi connectivity index (χ0n) is 14.5. The molecule has 2 saturated carbocycles. The fourth-order valence-electron chi connectivity index (χ4n) is 4.65. The number of nitrogens with zero attached hydrogens (tertiary/aromatic N) is 2. The molecule has 4 rings (SSSR count). The van der Waals surface area contributed by atoms with E-state index in [-0.39, 0.29) is 35.8 Å². The highest BCUT2D eigenvalue weighted by Gasteiger charge is 2.45. The lowest BCUT2D eigenvalue weighted by atomic mass is 9.87. The van der Waals surface area contributed by atoms with Crippen molar-refractivity contribution in [1.82, 2.24) is 9.21 Å². The summed E-state index contributed by atoms with van der Waals surface area (Å²) in [6.45, 7) is 1.22. The number of hydrogen-bond donors (Lipinski definition) is 1. The van der Waals surface area contributed by atoms with E-state index in [0.717, 1.165) is 12.8 Å². The standard InChI is InChI=1S/C17H23N3O5S/c18-16(21)14-3-4-15(25-14)26(23,24)20-7-5-19(6-8-20)17(22)13-10-11-1-2-12(13)9-11/h3-4,11-13H,1-2,5-10H2,(H2,18,21)/t11-,12-,13-/m0/s1. The molecule has 142 valence electrons. The molecule has 2 heterocycles. The van der Waals surface area contributed by atoms with Gasteiger partial charge in [0.05, 0.1) is 0 Å². The molecule has 1 aromatic rings. The smallest absolute Gasteiger partial charge is 0.284 e. The number of carbonyl (C=O) groups is 2. The Morgan fingerprint density at radius 2 is 1.81 bits per heavy atom. The van der Waals surface area contributed by atoms with Crippen molar-refractivity contribution in [3.63, 3.8) is 0 Å². The molecule has 0 aromatic carbocycles. The summed E-state index contributed by atoms with van der Waals surface area (Å²) in [5.41, 5.74) is 5.10. The summed E-state index contributed by atoms with van der Waals surface area (Å²) in [6.07, 6.45) is 4.56. The number of carbonyl (C=O) groups excluding carboxylic acids is 2. The monoisotopic (exact) mass is 381 g/mol. The molecular weight excluding hydrogens is 358 g/mol. The van der Waals surface area contributed by atoms with Crippen LogP contribution in [0.5, 0.6) is 0 Å². The maximum Gasteiger partial charge on any atom is 0.284 e. The molecule has 1 aromatic heterocycles. The third-order valence-corrected chi connectivity index (χ3v) is 7.80. The molecule has 8 nitrogen and oxygen atoms in total. The Bertz CT molecular complexity index is 825. The molecule has 1 aliphatic heterocycles. The van der Waals surface area contributed by atoms with E-state index < -0.39 is 15.9 Å². The summed E-state index contributed by atoms with van der Waals surface area (Å²) >= 11 is 0. The normalized spacial score (nSPS) is 29.2. The minimum atomic E-state index is -3.83. The first-order valence-corrected chi connectivity index (χ1v) is 10.5. The third kappa shape index (κ3) is 2.92. The predicted molar refractivity (Wildman–Crippen MR) is 91.5 cm³/mol. The van der Waals surface area contributed by atoms with E-state index in [1.54, 1.807) is 4.90 Å². The second-order valence-electron chi connectivity index (χ2n) is 7.49. The van der Waals surface area contributed by atoms with Gasteiger partial charge in [-0.25, -0.2) is 8.42 Å². The largest absolute Gasteiger partial charge is 0.438 e. The lowest BCUT2D eigenvalue weighted by Crippen LogP contribution is -2.52. The molecule has 2 aliphatic carbocycles. The molecule has 1 saturated heterocycles. The van der Waals surface area contributed by atoms with Crippen LogP contribution in [0, 0.1) is 17.8 Å². The van der Waals surface area contributed by atoms with E-state index in [4.69, 9.17) is 10.2 Å². The van der Waals surface area contributed by atoms with Crippen molar-refractivity contribution in [2.45, 2.75) is 30.8 Å². The number of amides is 2. The zero-order valence-corrected chi connectivity index (χ0v) is 15.3. The number of nitrogens with two attached hydrogens (primary N) is 1. The summed E-state index contributed by atoms with van der Waals surface area (Å²) in [5, 5.41) is -0.292. The number of rotatable bonds is 4. The first-order valence-electron chi connectivity index (χ1n) is 9.05. The fourth-order valence-corrected chi connectivity index (χ4v) is 5.98. The van der Waals surface area contributed by atoms with Gasteiger partial charge in [0.2, 0.25) is 11.0 Å². The van der Waals surface area contributed by atoms with Gasteiger partial charge in [-0.15, -0.1) is 0 Å². The zero-order chi connectivity index (χ0) is 18.5. The quantitative estimate of drug-likeness (QED) is 0.822. The van der Waals surface area contributed by atoms with Gasteiger partial charge in [0.25, 0.3) is 15.9 Å². The van der Waals surface area contributed by atoms with Gasteiger partial charge in [0.1, 0.15) is 0 Å². The second kappa shape index (κ2) is 6.38. The molecule has 2 N–H and O–H groups in total. The number of piperazine rings is 1. The number of hydrogen-bond acceptors (Lipinski definition) is 5. The lowest BCUT2D eigenvalue weighted by Gasteiger charge is -2.36. The lowest BCUT2D eigenvalue weighted by molar-refractivity contribution is -0.138. The van der Waals surface area contributed by atoms with Crippen molar-refractivity contribution in [3.8, 4) is 0 Å². The third-order valence-electron chi connectivity index (χ3n) is 6.02. The topological polar surface area (TPSA) is 114 Å². The molecule has 26 heavy (non-hydrogen) atoms.